The minimum atomic E-state index is -0.956. The van der Waals surface area contributed by atoms with Gasteiger partial charge in [-0.1, -0.05) is 0 Å². The highest BCUT2D eigenvalue weighted by Gasteiger charge is 2.09. The molecule has 6 heteroatoms. The molecule has 0 aromatic heterocycles. The summed E-state index contributed by atoms with van der Waals surface area (Å²) in [5.41, 5.74) is 10.5. The molecule has 0 bridgehead atoms. The van der Waals surface area contributed by atoms with E-state index in [0.29, 0.717) is 13.0 Å². The van der Waals surface area contributed by atoms with Gasteiger partial charge in [-0.2, -0.15) is 0 Å². The Morgan fingerprint density at radius 2 is 2.15 bits per heavy atom. The molecule has 0 heterocycles. The van der Waals surface area contributed by atoms with E-state index in [1.165, 1.54) is 0 Å². The maximum Gasteiger partial charge on any atom is 0.320 e. The lowest BCUT2D eigenvalue weighted by Gasteiger charge is -2.06. The minimum absolute atomic E-state index is 0.266. The maximum atomic E-state index is 10.3. The Kier molecular flexibility index (Phi) is 6.17. The lowest BCUT2D eigenvalue weighted by atomic mass is 10.1. The Labute approximate surface area is 82.5 Å². The number of aliphatic carboxylic acids is 1. The topological polar surface area (TPSA) is 101 Å². The molecule has 0 saturated heterocycles. The summed E-state index contributed by atoms with van der Waals surface area (Å²) in [6.07, 6.45) is 2.05. The minimum Gasteiger partial charge on any atom is -0.480 e. The van der Waals surface area contributed by atoms with Crippen molar-refractivity contribution in [2.24, 2.45) is 11.5 Å². The van der Waals surface area contributed by atoms with E-state index in [2.05, 4.69) is 17.5 Å². The predicted octanol–water partition coefficient (Wildman–Crippen LogP) is -0.598. The average molecular weight is 205 g/mol. The van der Waals surface area contributed by atoms with E-state index in [9.17, 15) is 4.79 Å². The van der Waals surface area contributed by atoms with Gasteiger partial charge >= 0.3 is 5.97 Å². The number of carboxylic acids is 1. The molecular weight excluding hydrogens is 190 g/mol. The molecule has 6 N–H and O–H groups in total. The number of carbonyl (C=O) groups is 1. The van der Waals surface area contributed by atoms with E-state index in [1.54, 1.807) is 0 Å². The number of carboxylic acid groups (broad SMARTS) is 1. The van der Waals surface area contributed by atoms with E-state index < -0.39 is 12.0 Å². The highest BCUT2D eigenvalue weighted by Crippen LogP contribution is 1.97. The summed E-state index contributed by atoms with van der Waals surface area (Å²) in [5, 5.41) is 11.5. The molecule has 0 aromatic carbocycles. The second-order valence-electron chi connectivity index (χ2n) is 2.73. The molecule has 0 fully saturated rings. The van der Waals surface area contributed by atoms with Crippen LogP contribution in [0.3, 0.4) is 0 Å². The van der Waals surface area contributed by atoms with E-state index in [0.717, 1.165) is 12.8 Å². The third kappa shape index (κ3) is 7.48. The molecule has 0 radical (unpaired) electrons. The van der Waals surface area contributed by atoms with Gasteiger partial charge in [-0.25, -0.2) is 0 Å². The molecule has 0 saturated carbocycles. The Bertz CT molecular complexity index is 187. The van der Waals surface area contributed by atoms with Crippen LogP contribution in [0.2, 0.25) is 0 Å². The molecule has 0 aromatic rings. The number of hydrogen-bond donors (Lipinski definition) is 4. The molecule has 13 heavy (non-hydrogen) atoms. The summed E-state index contributed by atoms with van der Waals surface area (Å²) in [7, 11) is 0. The predicted molar refractivity (Wildman–Crippen MR) is 54.3 cm³/mol. The zero-order chi connectivity index (χ0) is 10.3. The Balaban J connectivity index is 3.26. The average Bonchev–Trinajstić information content (AvgIpc) is 2.02. The monoisotopic (exact) mass is 205 g/mol. The summed E-state index contributed by atoms with van der Waals surface area (Å²) in [4.78, 5) is 10.3. The molecule has 0 aliphatic carbocycles. The van der Waals surface area contributed by atoms with Crippen LogP contribution in [-0.2, 0) is 4.79 Å². The smallest absolute Gasteiger partial charge is 0.320 e. The van der Waals surface area contributed by atoms with Crippen molar-refractivity contribution < 1.29 is 9.90 Å². The van der Waals surface area contributed by atoms with Crippen LogP contribution >= 0.6 is 12.2 Å². The number of rotatable bonds is 6. The van der Waals surface area contributed by atoms with E-state index in [4.69, 9.17) is 16.6 Å². The van der Waals surface area contributed by atoms with Gasteiger partial charge in [0.15, 0.2) is 5.11 Å². The van der Waals surface area contributed by atoms with Gasteiger partial charge in [0.2, 0.25) is 0 Å². The van der Waals surface area contributed by atoms with Gasteiger partial charge in [0, 0.05) is 6.54 Å². The molecule has 0 rings (SSSR count). The van der Waals surface area contributed by atoms with Gasteiger partial charge in [0.1, 0.15) is 6.04 Å². The van der Waals surface area contributed by atoms with Crippen molar-refractivity contribution in [3.05, 3.63) is 0 Å². The van der Waals surface area contributed by atoms with Crippen LogP contribution in [0.1, 0.15) is 19.3 Å². The summed E-state index contributed by atoms with van der Waals surface area (Å²) in [6.45, 7) is 0.668. The maximum absolute atomic E-state index is 10.3. The highest BCUT2D eigenvalue weighted by atomic mass is 32.1. The molecule has 0 spiro atoms. The Morgan fingerprint density at radius 1 is 1.54 bits per heavy atom. The zero-order valence-electron chi connectivity index (χ0n) is 7.32. The van der Waals surface area contributed by atoms with Gasteiger partial charge in [-0.3, -0.25) is 4.79 Å². The number of nitrogens with one attached hydrogen (secondary N) is 1. The first-order valence-electron chi connectivity index (χ1n) is 4.05. The van der Waals surface area contributed by atoms with Crippen LogP contribution in [0.15, 0.2) is 0 Å². The summed E-state index contributed by atoms with van der Waals surface area (Å²) in [6, 6.07) is -0.759. The fourth-order valence-electron chi connectivity index (χ4n) is 0.824. The molecule has 5 nitrogen and oxygen atoms in total. The van der Waals surface area contributed by atoms with Crippen molar-refractivity contribution >= 4 is 23.3 Å². The number of nitrogens with two attached hydrogens (primary N) is 2. The van der Waals surface area contributed by atoms with Crippen molar-refractivity contribution in [2.45, 2.75) is 25.3 Å². The quantitative estimate of drug-likeness (QED) is 0.341. The summed E-state index contributed by atoms with van der Waals surface area (Å²) in [5.74, 6) is -0.956. The van der Waals surface area contributed by atoms with Gasteiger partial charge in [0.05, 0.1) is 0 Å². The molecular formula is C7H15N3O2S. The second kappa shape index (κ2) is 6.62. The molecule has 1 atom stereocenters. The van der Waals surface area contributed by atoms with Gasteiger partial charge in [0.25, 0.3) is 0 Å². The standard InChI is InChI=1S/C7H15N3O2S/c8-5(6(11)12)3-1-2-4-10-7(9)13/h5H,1-4,8H2,(H,11,12)(H3,9,10,13)/t5-/m0/s1. The van der Waals surface area contributed by atoms with Gasteiger partial charge < -0.3 is 21.9 Å². The largest absolute Gasteiger partial charge is 0.480 e. The van der Waals surface area contributed by atoms with Gasteiger partial charge in [-0.15, -0.1) is 0 Å². The van der Waals surface area contributed by atoms with Crippen molar-refractivity contribution in [3.63, 3.8) is 0 Å². The lowest BCUT2D eigenvalue weighted by Crippen LogP contribution is -2.31. The lowest BCUT2D eigenvalue weighted by molar-refractivity contribution is -0.138. The van der Waals surface area contributed by atoms with Crippen LogP contribution < -0.4 is 16.8 Å². The normalized spacial score (nSPS) is 12.1. The van der Waals surface area contributed by atoms with E-state index in [1.807, 2.05) is 0 Å². The fraction of sp³-hybridized carbons (Fsp3) is 0.714. The highest BCUT2D eigenvalue weighted by molar-refractivity contribution is 7.80. The van der Waals surface area contributed by atoms with Crippen LogP contribution in [0.25, 0.3) is 0 Å². The van der Waals surface area contributed by atoms with E-state index in [-0.39, 0.29) is 5.11 Å². The molecule has 76 valence electrons. The second-order valence-corrected chi connectivity index (χ2v) is 3.17. The van der Waals surface area contributed by atoms with Crippen molar-refractivity contribution in [3.8, 4) is 0 Å². The van der Waals surface area contributed by atoms with Crippen LogP contribution in [0.4, 0.5) is 0 Å². The zero-order valence-corrected chi connectivity index (χ0v) is 8.14. The number of unbranched alkanes of at least 4 members (excludes halogenated alkanes) is 1. The van der Waals surface area contributed by atoms with Crippen LogP contribution in [-0.4, -0.2) is 28.8 Å². The van der Waals surface area contributed by atoms with Crippen molar-refractivity contribution in [1.29, 1.82) is 0 Å². The van der Waals surface area contributed by atoms with Crippen molar-refractivity contribution in [1.82, 2.24) is 5.32 Å². The molecule has 0 amide bonds. The SMILES string of the molecule is NC(=S)NCCCC[C@H](N)C(=O)O. The summed E-state index contributed by atoms with van der Waals surface area (Å²) < 4.78 is 0. The first-order chi connectivity index (χ1) is 6.04. The first kappa shape index (κ1) is 12.1. The molecule has 0 aliphatic rings. The van der Waals surface area contributed by atoms with Gasteiger partial charge in [-0.05, 0) is 31.5 Å². The fourth-order valence-corrected chi connectivity index (χ4v) is 0.926. The van der Waals surface area contributed by atoms with Crippen LogP contribution in [0, 0.1) is 0 Å². The van der Waals surface area contributed by atoms with Crippen molar-refractivity contribution in [2.75, 3.05) is 6.54 Å². The molecule has 0 aliphatic heterocycles. The number of thiocarbonyl (C=S) groups is 1. The molecule has 0 unspecified atom stereocenters. The first-order valence-corrected chi connectivity index (χ1v) is 4.46. The van der Waals surface area contributed by atoms with Crippen LogP contribution in [0.5, 0.6) is 0 Å². The third-order valence-electron chi connectivity index (χ3n) is 1.56. The van der Waals surface area contributed by atoms with E-state index >= 15 is 0 Å². The Hall–Kier alpha value is -0.880. The Morgan fingerprint density at radius 3 is 2.62 bits per heavy atom. The summed E-state index contributed by atoms with van der Waals surface area (Å²) >= 11 is 4.59. The number of hydrogen-bond acceptors (Lipinski definition) is 3. The third-order valence-corrected chi connectivity index (χ3v) is 1.70.